The number of amides is 1. The Balaban J connectivity index is 1.87. The maximum atomic E-state index is 11.9. The van der Waals surface area contributed by atoms with Gasteiger partial charge in [-0.15, -0.1) is 0 Å². The summed E-state index contributed by atoms with van der Waals surface area (Å²) in [4.78, 5) is 14.3. The summed E-state index contributed by atoms with van der Waals surface area (Å²) in [7, 11) is 0. The number of hydrogen-bond donors (Lipinski definition) is 1. The van der Waals surface area contributed by atoms with Gasteiger partial charge in [0, 0.05) is 25.3 Å². The predicted molar refractivity (Wildman–Crippen MR) is 102 cm³/mol. The van der Waals surface area contributed by atoms with Gasteiger partial charge < -0.3 is 10.2 Å². The molecule has 0 aliphatic carbocycles. The highest BCUT2D eigenvalue weighted by molar-refractivity contribution is 6.02. The lowest BCUT2D eigenvalue weighted by atomic mass is 10.0. The minimum absolute atomic E-state index is 0.131. The zero-order chi connectivity index (χ0) is 17.6. The molecule has 1 saturated heterocycles. The fourth-order valence-electron chi connectivity index (χ4n) is 3.26. The Labute approximate surface area is 148 Å². The first-order chi connectivity index (χ1) is 12.2. The molecule has 0 radical (unpaired) electrons. The SMILES string of the molecule is CCNC(=O)/C(C#N)=C/c1ccc2cc(N3CCCCC3)ccc2c1. The quantitative estimate of drug-likeness (QED) is 0.682. The van der Waals surface area contributed by atoms with Crippen LogP contribution in [-0.4, -0.2) is 25.5 Å². The molecule has 0 atom stereocenters. The number of nitrogens with zero attached hydrogens (tertiary/aromatic N) is 2. The summed E-state index contributed by atoms with van der Waals surface area (Å²) in [5, 5.41) is 14.1. The number of carbonyl (C=O) groups excluding carboxylic acids is 1. The molecule has 1 aliphatic rings. The van der Waals surface area contributed by atoms with E-state index in [0.717, 1.165) is 24.0 Å². The second kappa shape index (κ2) is 7.85. The van der Waals surface area contributed by atoms with Crippen molar-refractivity contribution in [3.8, 4) is 6.07 Å². The Morgan fingerprint density at radius 3 is 2.60 bits per heavy atom. The largest absolute Gasteiger partial charge is 0.372 e. The van der Waals surface area contributed by atoms with Gasteiger partial charge in [0.2, 0.25) is 0 Å². The van der Waals surface area contributed by atoms with Crippen molar-refractivity contribution < 1.29 is 4.79 Å². The molecule has 1 amide bonds. The maximum absolute atomic E-state index is 11.9. The van der Waals surface area contributed by atoms with E-state index in [2.05, 4.69) is 34.5 Å². The van der Waals surface area contributed by atoms with E-state index in [1.165, 1.54) is 30.3 Å². The van der Waals surface area contributed by atoms with Crippen molar-refractivity contribution in [3.05, 3.63) is 47.5 Å². The molecule has 1 N–H and O–H groups in total. The van der Waals surface area contributed by atoms with Crippen molar-refractivity contribution in [2.45, 2.75) is 26.2 Å². The first kappa shape index (κ1) is 17.0. The van der Waals surface area contributed by atoms with Crippen LogP contribution in [0.4, 0.5) is 5.69 Å². The van der Waals surface area contributed by atoms with Crippen molar-refractivity contribution in [2.75, 3.05) is 24.5 Å². The molecule has 25 heavy (non-hydrogen) atoms. The van der Waals surface area contributed by atoms with Crippen molar-refractivity contribution in [1.29, 1.82) is 5.26 Å². The summed E-state index contributed by atoms with van der Waals surface area (Å²) in [5.41, 5.74) is 2.27. The van der Waals surface area contributed by atoms with Gasteiger partial charge >= 0.3 is 0 Å². The first-order valence-electron chi connectivity index (χ1n) is 8.90. The van der Waals surface area contributed by atoms with Gasteiger partial charge in [0.25, 0.3) is 5.91 Å². The molecular weight excluding hydrogens is 310 g/mol. The van der Waals surface area contributed by atoms with Gasteiger partial charge in [-0.2, -0.15) is 5.26 Å². The molecule has 0 bridgehead atoms. The summed E-state index contributed by atoms with van der Waals surface area (Å²) < 4.78 is 0. The second-order valence-corrected chi connectivity index (χ2v) is 6.37. The Kier molecular flexibility index (Phi) is 5.35. The molecule has 0 unspecified atom stereocenters. The number of nitrogens with one attached hydrogen (secondary N) is 1. The summed E-state index contributed by atoms with van der Waals surface area (Å²) in [6.45, 7) is 4.60. The van der Waals surface area contributed by atoms with Gasteiger partial charge in [0.15, 0.2) is 0 Å². The third kappa shape index (κ3) is 4.00. The van der Waals surface area contributed by atoms with Gasteiger partial charge in [0.05, 0.1) is 0 Å². The van der Waals surface area contributed by atoms with Crippen LogP contribution in [0, 0.1) is 11.3 Å². The third-order valence-corrected chi connectivity index (χ3v) is 4.58. The number of benzene rings is 2. The predicted octanol–water partition coefficient (Wildman–Crippen LogP) is 3.87. The van der Waals surface area contributed by atoms with Crippen LogP contribution < -0.4 is 10.2 Å². The number of fused-ring (bicyclic) bond motifs is 1. The summed E-state index contributed by atoms with van der Waals surface area (Å²) in [6.07, 6.45) is 5.49. The van der Waals surface area contributed by atoms with E-state index >= 15 is 0 Å². The smallest absolute Gasteiger partial charge is 0.261 e. The topological polar surface area (TPSA) is 56.1 Å². The van der Waals surface area contributed by atoms with E-state index in [9.17, 15) is 10.1 Å². The first-order valence-corrected chi connectivity index (χ1v) is 8.90. The second-order valence-electron chi connectivity index (χ2n) is 6.37. The van der Waals surface area contributed by atoms with Gasteiger partial charge in [-0.3, -0.25) is 4.79 Å². The van der Waals surface area contributed by atoms with E-state index < -0.39 is 0 Å². The number of carbonyl (C=O) groups is 1. The lowest BCUT2D eigenvalue weighted by Gasteiger charge is -2.29. The average molecular weight is 333 g/mol. The lowest BCUT2D eigenvalue weighted by molar-refractivity contribution is -0.116. The van der Waals surface area contributed by atoms with Crippen molar-refractivity contribution in [1.82, 2.24) is 5.32 Å². The number of hydrogen-bond acceptors (Lipinski definition) is 3. The molecule has 0 spiro atoms. The molecule has 1 fully saturated rings. The highest BCUT2D eigenvalue weighted by Gasteiger charge is 2.11. The Hall–Kier alpha value is -2.80. The number of anilines is 1. The molecule has 4 heteroatoms. The minimum Gasteiger partial charge on any atom is -0.372 e. The van der Waals surface area contributed by atoms with E-state index in [4.69, 9.17) is 0 Å². The molecule has 1 aliphatic heterocycles. The molecule has 128 valence electrons. The Morgan fingerprint density at radius 1 is 1.16 bits per heavy atom. The van der Waals surface area contributed by atoms with Crippen LogP contribution in [-0.2, 0) is 4.79 Å². The molecule has 1 heterocycles. The highest BCUT2D eigenvalue weighted by Crippen LogP contribution is 2.26. The minimum atomic E-state index is -0.328. The number of piperidine rings is 1. The van der Waals surface area contributed by atoms with Gasteiger partial charge in [-0.25, -0.2) is 0 Å². The van der Waals surface area contributed by atoms with Crippen molar-refractivity contribution >= 4 is 28.4 Å². The summed E-state index contributed by atoms with van der Waals surface area (Å²) in [6, 6.07) is 14.5. The normalized spacial score (nSPS) is 15.0. The number of rotatable bonds is 4. The van der Waals surface area contributed by atoms with Crippen LogP contribution in [0.3, 0.4) is 0 Å². The van der Waals surface area contributed by atoms with Gasteiger partial charge in [0.1, 0.15) is 11.6 Å². The fourth-order valence-corrected chi connectivity index (χ4v) is 3.26. The fraction of sp³-hybridized carbons (Fsp3) is 0.333. The number of nitriles is 1. The van der Waals surface area contributed by atoms with Crippen LogP contribution in [0.5, 0.6) is 0 Å². The van der Waals surface area contributed by atoms with Crippen LogP contribution in [0.2, 0.25) is 0 Å². The zero-order valence-electron chi connectivity index (χ0n) is 14.6. The summed E-state index contributed by atoms with van der Waals surface area (Å²) in [5.74, 6) is -0.328. The highest BCUT2D eigenvalue weighted by atomic mass is 16.1. The monoisotopic (exact) mass is 333 g/mol. The Bertz CT molecular complexity index is 842. The average Bonchev–Trinajstić information content (AvgIpc) is 2.66. The van der Waals surface area contributed by atoms with Crippen LogP contribution in [0.1, 0.15) is 31.7 Å². The van der Waals surface area contributed by atoms with Crippen LogP contribution >= 0.6 is 0 Å². The Morgan fingerprint density at radius 2 is 1.88 bits per heavy atom. The molecule has 3 rings (SSSR count). The molecule has 4 nitrogen and oxygen atoms in total. The van der Waals surface area contributed by atoms with Crippen molar-refractivity contribution in [3.63, 3.8) is 0 Å². The van der Waals surface area contributed by atoms with E-state index in [1.807, 2.05) is 25.1 Å². The number of likely N-dealkylation sites (N-methyl/N-ethyl adjacent to an activating group) is 1. The zero-order valence-corrected chi connectivity index (χ0v) is 14.6. The van der Waals surface area contributed by atoms with Gasteiger partial charge in [-0.1, -0.05) is 18.2 Å². The molecule has 0 aromatic heterocycles. The van der Waals surface area contributed by atoms with Crippen LogP contribution in [0.25, 0.3) is 16.8 Å². The van der Waals surface area contributed by atoms with Crippen LogP contribution in [0.15, 0.2) is 42.0 Å². The lowest BCUT2D eigenvalue weighted by Crippen LogP contribution is -2.29. The van der Waals surface area contributed by atoms with Crippen molar-refractivity contribution in [2.24, 2.45) is 0 Å². The molecular formula is C21H23N3O. The van der Waals surface area contributed by atoms with E-state index in [0.29, 0.717) is 6.54 Å². The molecule has 2 aromatic rings. The molecule has 0 saturated carbocycles. The summed E-state index contributed by atoms with van der Waals surface area (Å²) >= 11 is 0. The third-order valence-electron chi connectivity index (χ3n) is 4.58. The molecule has 2 aromatic carbocycles. The van der Waals surface area contributed by atoms with Gasteiger partial charge in [-0.05, 0) is 66.8 Å². The van der Waals surface area contributed by atoms with E-state index in [1.54, 1.807) is 6.08 Å². The maximum Gasteiger partial charge on any atom is 0.261 e. The standard InChI is InChI=1S/C21H23N3O/c1-2-23-21(25)19(15-22)13-16-6-7-18-14-20(9-8-17(18)12-16)24-10-4-3-5-11-24/h6-9,12-14H,2-5,10-11H2,1H3,(H,23,25)/b19-13+. The van der Waals surface area contributed by atoms with E-state index in [-0.39, 0.29) is 11.5 Å².